The van der Waals surface area contributed by atoms with E-state index in [1.807, 2.05) is 13.8 Å². The van der Waals surface area contributed by atoms with Crippen LogP contribution in [-0.4, -0.2) is 22.8 Å². The van der Waals surface area contributed by atoms with E-state index in [0.29, 0.717) is 10.0 Å². The number of nitrogens with two attached hydrogens (primary N) is 1. The van der Waals surface area contributed by atoms with Gasteiger partial charge in [0.2, 0.25) is 0 Å². The van der Waals surface area contributed by atoms with Crippen molar-refractivity contribution in [1.29, 1.82) is 0 Å². The van der Waals surface area contributed by atoms with Gasteiger partial charge < -0.3 is 10.6 Å². The third-order valence-corrected chi connectivity index (χ3v) is 3.54. The molecule has 0 aliphatic carbocycles. The minimum atomic E-state index is -0.512. The molecule has 18 heavy (non-hydrogen) atoms. The van der Waals surface area contributed by atoms with Gasteiger partial charge in [0.1, 0.15) is 17.7 Å². The average molecular weight is 314 g/mol. The molecule has 6 heteroatoms. The lowest BCUT2D eigenvalue weighted by atomic mass is 10.0. The Morgan fingerprint density at radius 1 is 1.50 bits per heavy atom. The molecule has 2 amide bonds. The standard InChI is InChI=1S/C12H13BrFN3O/c1-6(2)17-10(11(15)16-12(17)18)8-5-7(14)3-4-9(8)13/h3-6,10H,1-2H3,(H2,15,16,18). The van der Waals surface area contributed by atoms with Crippen molar-refractivity contribution in [2.45, 2.75) is 25.9 Å². The Morgan fingerprint density at radius 2 is 2.17 bits per heavy atom. The number of hydrogen-bond acceptors (Lipinski definition) is 2. The summed E-state index contributed by atoms with van der Waals surface area (Å²) in [6.07, 6.45) is 0. The van der Waals surface area contributed by atoms with Crippen molar-refractivity contribution in [2.24, 2.45) is 10.7 Å². The highest BCUT2D eigenvalue weighted by Gasteiger charge is 2.37. The third-order valence-electron chi connectivity index (χ3n) is 2.81. The van der Waals surface area contributed by atoms with Crippen molar-refractivity contribution >= 4 is 27.8 Å². The molecule has 0 fully saturated rings. The molecule has 1 aliphatic rings. The summed E-state index contributed by atoms with van der Waals surface area (Å²) < 4.78 is 14.0. The van der Waals surface area contributed by atoms with Crippen molar-refractivity contribution in [1.82, 2.24) is 4.90 Å². The summed E-state index contributed by atoms with van der Waals surface area (Å²) >= 11 is 3.35. The van der Waals surface area contributed by atoms with E-state index < -0.39 is 6.04 Å². The predicted octanol–water partition coefficient (Wildman–Crippen LogP) is 2.83. The molecule has 0 spiro atoms. The highest BCUT2D eigenvalue weighted by Crippen LogP contribution is 2.33. The van der Waals surface area contributed by atoms with Gasteiger partial charge in [0, 0.05) is 10.5 Å². The molecular weight excluding hydrogens is 301 g/mol. The molecule has 1 atom stereocenters. The van der Waals surface area contributed by atoms with Gasteiger partial charge in [0.25, 0.3) is 0 Å². The van der Waals surface area contributed by atoms with Gasteiger partial charge in [-0.15, -0.1) is 0 Å². The Labute approximate surface area is 113 Å². The summed E-state index contributed by atoms with van der Waals surface area (Å²) in [7, 11) is 0. The van der Waals surface area contributed by atoms with Crippen LogP contribution in [0.2, 0.25) is 0 Å². The summed E-state index contributed by atoms with van der Waals surface area (Å²) in [5, 5.41) is 0. The van der Waals surface area contributed by atoms with Crippen LogP contribution in [0.15, 0.2) is 27.7 Å². The van der Waals surface area contributed by atoms with E-state index in [4.69, 9.17) is 5.73 Å². The molecule has 1 unspecified atom stereocenters. The van der Waals surface area contributed by atoms with Crippen LogP contribution in [-0.2, 0) is 0 Å². The number of benzene rings is 1. The van der Waals surface area contributed by atoms with Gasteiger partial charge >= 0.3 is 6.03 Å². The van der Waals surface area contributed by atoms with E-state index in [9.17, 15) is 9.18 Å². The zero-order valence-corrected chi connectivity index (χ0v) is 11.6. The normalized spacial score (nSPS) is 19.6. The molecule has 0 saturated heterocycles. The largest absolute Gasteiger partial charge is 0.385 e. The summed E-state index contributed by atoms with van der Waals surface area (Å²) in [5.74, 6) is -0.177. The van der Waals surface area contributed by atoms with Crippen LogP contribution in [0.3, 0.4) is 0 Å². The molecule has 2 N–H and O–H groups in total. The summed E-state index contributed by atoms with van der Waals surface area (Å²) in [5.41, 5.74) is 6.40. The molecule has 0 saturated carbocycles. The number of hydrogen-bond donors (Lipinski definition) is 1. The van der Waals surface area contributed by atoms with Gasteiger partial charge in [-0.1, -0.05) is 15.9 Å². The third kappa shape index (κ3) is 2.12. The highest BCUT2D eigenvalue weighted by atomic mass is 79.9. The Hall–Kier alpha value is -1.43. The Balaban J connectivity index is 2.51. The molecule has 4 nitrogen and oxygen atoms in total. The van der Waals surface area contributed by atoms with Crippen LogP contribution in [0, 0.1) is 5.82 Å². The molecule has 1 aromatic rings. The van der Waals surface area contributed by atoms with Crippen molar-refractivity contribution < 1.29 is 9.18 Å². The topological polar surface area (TPSA) is 58.7 Å². The Bertz CT molecular complexity index is 530. The number of halogens is 2. The quantitative estimate of drug-likeness (QED) is 0.912. The van der Waals surface area contributed by atoms with Crippen LogP contribution in [0.1, 0.15) is 25.5 Å². The second kappa shape index (κ2) is 4.68. The van der Waals surface area contributed by atoms with Gasteiger partial charge in [0.05, 0.1) is 0 Å². The molecule has 1 heterocycles. The number of amidine groups is 1. The van der Waals surface area contributed by atoms with Crippen LogP contribution in [0.25, 0.3) is 0 Å². The van der Waals surface area contributed by atoms with E-state index in [-0.39, 0.29) is 23.7 Å². The first-order valence-corrected chi connectivity index (χ1v) is 6.32. The SMILES string of the molecule is CC(C)N1C(=O)N=C(N)C1c1cc(F)ccc1Br. The first-order valence-electron chi connectivity index (χ1n) is 5.53. The van der Waals surface area contributed by atoms with E-state index >= 15 is 0 Å². The van der Waals surface area contributed by atoms with Gasteiger partial charge in [-0.2, -0.15) is 4.99 Å². The molecule has 0 radical (unpaired) electrons. The molecule has 1 aromatic carbocycles. The summed E-state index contributed by atoms with van der Waals surface area (Å²) in [6.45, 7) is 3.73. The zero-order valence-electron chi connectivity index (χ0n) is 10.0. The monoisotopic (exact) mass is 313 g/mol. The summed E-state index contributed by atoms with van der Waals surface area (Å²) in [6, 6.07) is 3.34. The van der Waals surface area contributed by atoms with Crippen LogP contribution in [0.4, 0.5) is 9.18 Å². The van der Waals surface area contributed by atoms with Crippen LogP contribution >= 0.6 is 15.9 Å². The second-order valence-corrected chi connectivity index (χ2v) is 5.24. The maximum atomic E-state index is 13.3. The molecule has 2 rings (SSSR count). The number of aliphatic imine (C=N–C) groups is 1. The van der Waals surface area contributed by atoms with E-state index in [1.165, 1.54) is 17.0 Å². The Kier molecular flexibility index (Phi) is 3.38. The van der Waals surface area contributed by atoms with E-state index in [0.717, 1.165) is 0 Å². The van der Waals surface area contributed by atoms with Crippen molar-refractivity contribution in [2.75, 3.05) is 0 Å². The molecule has 0 bridgehead atoms. The number of nitrogens with zero attached hydrogens (tertiary/aromatic N) is 2. The fraction of sp³-hybridized carbons (Fsp3) is 0.333. The number of carbonyl (C=O) groups is 1. The number of rotatable bonds is 2. The summed E-state index contributed by atoms with van der Waals surface area (Å²) in [4.78, 5) is 17.1. The number of amides is 2. The number of urea groups is 1. The zero-order chi connectivity index (χ0) is 13.4. The van der Waals surface area contributed by atoms with Gasteiger partial charge in [-0.05, 0) is 37.6 Å². The fourth-order valence-electron chi connectivity index (χ4n) is 2.03. The van der Waals surface area contributed by atoms with Gasteiger partial charge in [-0.25, -0.2) is 9.18 Å². The fourth-order valence-corrected chi connectivity index (χ4v) is 2.50. The van der Waals surface area contributed by atoms with Crippen LogP contribution < -0.4 is 5.73 Å². The van der Waals surface area contributed by atoms with Crippen LogP contribution in [0.5, 0.6) is 0 Å². The van der Waals surface area contributed by atoms with Crippen molar-refractivity contribution in [3.8, 4) is 0 Å². The molecule has 0 aromatic heterocycles. The smallest absolute Gasteiger partial charge is 0.346 e. The molecule has 96 valence electrons. The predicted molar refractivity (Wildman–Crippen MR) is 70.8 cm³/mol. The average Bonchev–Trinajstić information content (AvgIpc) is 2.57. The lowest BCUT2D eigenvalue weighted by Crippen LogP contribution is -2.38. The van der Waals surface area contributed by atoms with Gasteiger partial charge in [-0.3, -0.25) is 0 Å². The van der Waals surface area contributed by atoms with Crippen molar-refractivity contribution in [3.63, 3.8) is 0 Å². The molecule has 1 aliphatic heterocycles. The maximum Gasteiger partial charge on any atom is 0.346 e. The number of carbonyl (C=O) groups excluding carboxylic acids is 1. The second-order valence-electron chi connectivity index (χ2n) is 4.39. The lowest BCUT2D eigenvalue weighted by molar-refractivity contribution is 0.190. The maximum absolute atomic E-state index is 13.3. The first-order chi connectivity index (χ1) is 8.41. The van der Waals surface area contributed by atoms with Crippen molar-refractivity contribution in [3.05, 3.63) is 34.1 Å². The Morgan fingerprint density at radius 3 is 2.78 bits per heavy atom. The minimum absolute atomic E-state index is 0.0672. The first kappa shape index (κ1) is 13.0. The lowest BCUT2D eigenvalue weighted by Gasteiger charge is -2.28. The minimum Gasteiger partial charge on any atom is -0.385 e. The van der Waals surface area contributed by atoms with E-state index in [1.54, 1.807) is 6.07 Å². The van der Waals surface area contributed by atoms with E-state index in [2.05, 4.69) is 20.9 Å². The van der Waals surface area contributed by atoms with Gasteiger partial charge in [0.15, 0.2) is 0 Å². The molecular formula is C12H13BrFN3O. The highest BCUT2D eigenvalue weighted by molar-refractivity contribution is 9.10.